The summed E-state index contributed by atoms with van der Waals surface area (Å²) in [6.45, 7) is 10.3. The number of aryl methyl sites for hydroxylation is 1. The Kier molecular flexibility index (Phi) is 5.27. The topological polar surface area (TPSA) is 12.0 Å². The average Bonchev–Trinajstić information content (AvgIpc) is 2.26. The second-order valence-electron chi connectivity index (χ2n) is 4.57. The van der Waals surface area contributed by atoms with Crippen LogP contribution in [0.15, 0.2) is 36.9 Å². The van der Waals surface area contributed by atoms with Crippen molar-refractivity contribution < 1.29 is 0 Å². The Morgan fingerprint density at radius 3 is 2.75 bits per heavy atom. The first kappa shape index (κ1) is 13.0. The van der Waals surface area contributed by atoms with Crippen molar-refractivity contribution in [2.24, 2.45) is 0 Å². The van der Waals surface area contributed by atoms with Crippen LogP contribution >= 0.6 is 0 Å². The predicted molar refractivity (Wildman–Crippen MR) is 71.6 cm³/mol. The van der Waals surface area contributed by atoms with Crippen LogP contribution in [-0.2, 0) is 0 Å². The molecule has 1 unspecified atom stereocenters. The van der Waals surface area contributed by atoms with Gasteiger partial charge in [0.15, 0.2) is 0 Å². The van der Waals surface area contributed by atoms with Crippen molar-refractivity contribution in [3.63, 3.8) is 0 Å². The van der Waals surface area contributed by atoms with Gasteiger partial charge in [0, 0.05) is 12.1 Å². The van der Waals surface area contributed by atoms with E-state index in [1.807, 2.05) is 6.08 Å². The van der Waals surface area contributed by atoms with Crippen LogP contribution in [-0.4, -0.2) is 6.04 Å². The predicted octanol–water partition coefficient (Wildman–Crippen LogP) is 4.00. The van der Waals surface area contributed by atoms with Gasteiger partial charge in [-0.2, -0.15) is 0 Å². The fourth-order valence-electron chi connectivity index (χ4n) is 1.91. The van der Waals surface area contributed by atoms with E-state index in [0.717, 1.165) is 12.8 Å². The van der Waals surface area contributed by atoms with Crippen molar-refractivity contribution in [3.05, 3.63) is 48.0 Å². The van der Waals surface area contributed by atoms with Crippen molar-refractivity contribution >= 4 is 0 Å². The Labute approximate surface area is 99.6 Å². The van der Waals surface area contributed by atoms with E-state index in [4.69, 9.17) is 0 Å². The number of allylic oxidation sites excluding steroid dienone is 1. The molecule has 88 valence electrons. The molecule has 0 fully saturated rings. The zero-order chi connectivity index (χ0) is 12.0. The molecule has 16 heavy (non-hydrogen) atoms. The fourth-order valence-corrected chi connectivity index (χ4v) is 1.91. The largest absolute Gasteiger partial charge is 0.308 e. The molecule has 0 radical (unpaired) electrons. The summed E-state index contributed by atoms with van der Waals surface area (Å²) in [5.74, 6) is 0. The molecule has 0 aromatic heterocycles. The van der Waals surface area contributed by atoms with Crippen LogP contribution < -0.4 is 5.32 Å². The molecule has 0 aliphatic heterocycles. The van der Waals surface area contributed by atoms with Crippen LogP contribution in [0.25, 0.3) is 0 Å². The number of nitrogens with one attached hydrogen (secondary N) is 1. The van der Waals surface area contributed by atoms with E-state index in [-0.39, 0.29) is 0 Å². The average molecular weight is 217 g/mol. The lowest BCUT2D eigenvalue weighted by Crippen LogP contribution is -2.28. The van der Waals surface area contributed by atoms with E-state index in [0.29, 0.717) is 12.1 Å². The maximum absolute atomic E-state index is 3.75. The van der Waals surface area contributed by atoms with Gasteiger partial charge in [-0.25, -0.2) is 0 Å². The summed E-state index contributed by atoms with van der Waals surface area (Å²) in [4.78, 5) is 0. The lowest BCUT2D eigenvalue weighted by molar-refractivity contribution is 0.459. The van der Waals surface area contributed by atoms with Gasteiger partial charge in [-0.05, 0) is 39.2 Å². The molecular formula is C15H23N. The van der Waals surface area contributed by atoms with Gasteiger partial charge >= 0.3 is 0 Å². The zero-order valence-corrected chi connectivity index (χ0v) is 10.7. The summed E-state index contributed by atoms with van der Waals surface area (Å²) in [6.07, 6.45) is 4.21. The molecule has 0 saturated carbocycles. The standard InChI is InChI=1S/C15H23N/c1-5-6-9-13(3)16-14(4)15-10-7-8-12(2)11-15/h5,7-8,10-11,13-14,16H,1,6,9H2,2-4H3/t13?,14-/m0/s1. The van der Waals surface area contributed by atoms with Crippen molar-refractivity contribution in [3.8, 4) is 0 Å². The molecule has 0 saturated heterocycles. The molecular weight excluding hydrogens is 194 g/mol. The van der Waals surface area contributed by atoms with Gasteiger partial charge in [0.2, 0.25) is 0 Å². The Bertz CT molecular complexity index is 330. The number of hydrogen-bond acceptors (Lipinski definition) is 1. The van der Waals surface area contributed by atoms with Crippen molar-refractivity contribution in [1.29, 1.82) is 0 Å². The number of rotatable bonds is 6. The molecule has 1 aromatic carbocycles. The first-order valence-corrected chi connectivity index (χ1v) is 6.07. The van der Waals surface area contributed by atoms with Crippen molar-refractivity contribution in [2.75, 3.05) is 0 Å². The van der Waals surface area contributed by atoms with Crippen LogP contribution in [0.2, 0.25) is 0 Å². The highest BCUT2D eigenvalue weighted by Gasteiger charge is 2.08. The van der Waals surface area contributed by atoms with Crippen LogP contribution in [0.1, 0.15) is 43.9 Å². The molecule has 0 heterocycles. The van der Waals surface area contributed by atoms with Crippen LogP contribution in [0.5, 0.6) is 0 Å². The summed E-state index contributed by atoms with van der Waals surface area (Å²) in [5, 5.41) is 3.61. The normalized spacial score (nSPS) is 14.4. The number of benzene rings is 1. The zero-order valence-electron chi connectivity index (χ0n) is 10.7. The lowest BCUT2D eigenvalue weighted by Gasteiger charge is -2.20. The van der Waals surface area contributed by atoms with Crippen molar-refractivity contribution in [1.82, 2.24) is 5.32 Å². The molecule has 0 spiro atoms. The summed E-state index contributed by atoms with van der Waals surface area (Å²) < 4.78 is 0. The molecule has 2 atom stereocenters. The maximum Gasteiger partial charge on any atom is 0.0294 e. The highest BCUT2D eigenvalue weighted by molar-refractivity contribution is 5.24. The third-order valence-corrected chi connectivity index (χ3v) is 2.88. The quantitative estimate of drug-likeness (QED) is 0.710. The maximum atomic E-state index is 3.75. The molecule has 1 nitrogen and oxygen atoms in total. The van der Waals surface area contributed by atoms with Gasteiger partial charge < -0.3 is 5.32 Å². The van der Waals surface area contributed by atoms with Crippen molar-refractivity contribution in [2.45, 2.75) is 45.7 Å². The van der Waals surface area contributed by atoms with Gasteiger partial charge in [0.1, 0.15) is 0 Å². The highest BCUT2D eigenvalue weighted by Crippen LogP contribution is 2.15. The second kappa shape index (κ2) is 6.49. The van der Waals surface area contributed by atoms with Gasteiger partial charge in [-0.1, -0.05) is 35.9 Å². The Balaban J connectivity index is 2.51. The van der Waals surface area contributed by atoms with E-state index in [1.165, 1.54) is 11.1 Å². The molecule has 0 aliphatic rings. The van der Waals surface area contributed by atoms with E-state index in [2.05, 4.69) is 56.9 Å². The molecule has 1 rings (SSSR count). The van der Waals surface area contributed by atoms with E-state index < -0.39 is 0 Å². The monoisotopic (exact) mass is 217 g/mol. The van der Waals surface area contributed by atoms with E-state index >= 15 is 0 Å². The first-order chi connectivity index (χ1) is 7.63. The summed E-state index contributed by atoms with van der Waals surface area (Å²) in [6, 6.07) is 9.64. The SMILES string of the molecule is C=CCCC(C)N[C@@H](C)c1cccc(C)c1. The molecule has 1 aromatic rings. The molecule has 1 heteroatoms. The summed E-state index contributed by atoms with van der Waals surface area (Å²) in [7, 11) is 0. The van der Waals surface area contributed by atoms with Gasteiger partial charge in [-0.15, -0.1) is 6.58 Å². The minimum absolute atomic E-state index is 0.416. The Morgan fingerprint density at radius 2 is 2.12 bits per heavy atom. The van der Waals surface area contributed by atoms with E-state index in [1.54, 1.807) is 0 Å². The smallest absolute Gasteiger partial charge is 0.0294 e. The molecule has 1 N–H and O–H groups in total. The van der Waals surface area contributed by atoms with Gasteiger partial charge in [0.05, 0.1) is 0 Å². The molecule has 0 aliphatic carbocycles. The van der Waals surface area contributed by atoms with Gasteiger partial charge in [-0.3, -0.25) is 0 Å². The third-order valence-electron chi connectivity index (χ3n) is 2.88. The van der Waals surface area contributed by atoms with Crippen LogP contribution in [0.4, 0.5) is 0 Å². The lowest BCUT2D eigenvalue weighted by atomic mass is 10.0. The minimum atomic E-state index is 0.416. The second-order valence-corrected chi connectivity index (χ2v) is 4.57. The fraction of sp³-hybridized carbons (Fsp3) is 0.467. The van der Waals surface area contributed by atoms with Crippen LogP contribution in [0, 0.1) is 6.92 Å². The number of hydrogen-bond donors (Lipinski definition) is 1. The highest BCUT2D eigenvalue weighted by atomic mass is 14.9. The first-order valence-electron chi connectivity index (χ1n) is 6.07. The van der Waals surface area contributed by atoms with E-state index in [9.17, 15) is 0 Å². The molecule has 0 amide bonds. The minimum Gasteiger partial charge on any atom is -0.308 e. The molecule has 0 bridgehead atoms. The Morgan fingerprint density at radius 1 is 1.38 bits per heavy atom. The van der Waals surface area contributed by atoms with Crippen LogP contribution in [0.3, 0.4) is 0 Å². The summed E-state index contributed by atoms with van der Waals surface area (Å²) in [5.41, 5.74) is 2.69. The third kappa shape index (κ3) is 4.19. The Hall–Kier alpha value is -1.08. The summed E-state index contributed by atoms with van der Waals surface area (Å²) >= 11 is 0. The van der Waals surface area contributed by atoms with Gasteiger partial charge in [0.25, 0.3) is 0 Å².